The first-order chi connectivity index (χ1) is 17.8. The Kier molecular flexibility index (Phi) is 70.7. The zero-order chi connectivity index (χ0) is 31.1. The number of halogens is 39. The number of rotatable bonds is 18. The van der Waals surface area contributed by atoms with Crippen molar-refractivity contribution in [2.24, 2.45) is 0 Å². The molecule has 0 N–H and O–H groups in total. The summed E-state index contributed by atoms with van der Waals surface area (Å²) >= 11 is 65.0. The third kappa shape index (κ3) is 28.5. The Morgan fingerprint density at radius 1 is 0.231 bits per heavy atom. The van der Waals surface area contributed by atoms with E-state index >= 15 is 0 Å². The molecule has 0 unspecified atom stereocenters. The van der Waals surface area contributed by atoms with Gasteiger partial charge in [0.25, 0.3) is 0 Å². The van der Waals surface area contributed by atoms with Crippen molar-refractivity contribution in [2.75, 3.05) is 0 Å². The van der Waals surface area contributed by atoms with Gasteiger partial charge in [0, 0.05) is 0 Å². The fourth-order valence-corrected chi connectivity index (χ4v) is 6920. The van der Waals surface area contributed by atoms with Crippen LogP contribution in [0.5, 0.6) is 0 Å². The molecule has 0 saturated carbocycles. The fraction of sp³-hybridized carbons (Fsp3) is 0. The standard InChI is InChI=1S/I39/c1-21-23(4)25(6)27(8)29(10)31(12)33(14)35(16)37(18)39(20)38(19)36(17)34(15)32(13)30(11)28(9)26(7)24(5)22(2)3/q-1. The number of hydrogen-bond donors (Lipinski definition) is 0. The second-order valence-corrected chi connectivity index (χ2v) is 896. The van der Waals surface area contributed by atoms with E-state index in [1.54, 1.807) is 0 Å². The first kappa shape index (κ1) is 67.5. The summed E-state index contributed by atoms with van der Waals surface area (Å²) in [5, 5.41) is 0. The summed E-state index contributed by atoms with van der Waals surface area (Å²) in [5.74, 6) is 0. The van der Waals surface area contributed by atoms with Crippen molar-refractivity contribution in [2.45, 2.75) is 0 Å². The van der Waals surface area contributed by atoms with Crippen LogP contribution in [-0.2, 0) is 0 Å². The van der Waals surface area contributed by atoms with Gasteiger partial charge in [-0.3, -0.25) is 0 Å². The van der Waals surface area contributed by atoms with Gasteiger partial charge >= 0.3 is 528 Å². The third-order valence-corrected chi connectivity index (χ3v) is 2890. The van der Waals surface area contributed by atoms with Crippen LogP contribution in [0.2, 0.25) is 0 Å². The molecule has 0 aromatic rings. The van der Waals surface area contributed by atoms with Gasteiger partial charge in [0.05, 0.1) is 0 Å². The van der Waals surface area contributed by atoms with Crippen molar-refractivity contribution in [1.82, 2.24) is 0 Å². The fourth-order valence-electron chi connectivity index (χ4n) is 0.509. The van der Waals surface area contributed by atoms with Gasteiger partial charge in [-0.2, -0.15) is 0 Å². The van der Waals surface area contributed by atoms with Gasteiger partial charge in [-0.05, 0) is 0 Å². The van der Waals surface area contributed by atoms with E-state index in [2.05, 4.69) is 372 Å². The van der Waals surface area contributed by atoms with Crippen LogP contribution in [0.3, 0.4) is 0 Å². The van der Waals surface area contributed by atoms with Crippen molar-refractivity contribution >= 4 is 514 Å². The molecule has 0 fully saturated rings. The molecule has 39 heteroatoms. The van der Waals surface area contributed by atoms with Gasteiger partial charge in [0.15, 0.2) is 0 Å². The summed E-state index contributed by atoms with van der Waals surface area (Å²) in [6.07, 6.45) is 0. The van der Waals surface area contributed by atoms with E-state index in [0.29, 0.717) is 13.3 Å². The van der Waals surface area contributed by atoms with Gasteiger partial charge in [0.2, 0.25) is 0 Å². The molecule has 0 aliphatic rings. The van der Waals surface area contributed by atoms with E-state index in [1.807, 2.05) is 0 Å². The van der Waals surface area contributed by atoms with Crippen molar-refractivity contribution < 1.29 is 13.3 Å². The van der Waals surface area contributed by atoms with E-state index in [4.69, 9.17) is 0 Å². The van der Waals surface area contributed by atoms with Gasteiger partial charge < -0.3 is 0 Å². The Bertz CT molecular complexity index is 634. The van der Waals surface area contributed by atoms with Crippen LogP contribution in [0.1, 0.15) is 0 Å². The topological polar surface area (TPSA) is 0 Å². The van der Waals surface area contributed by atoms with E-state index < -0.39 is 134 Å². The Labute approximate surface area is 497 Å². The molecule has 0 radical (unpaired) electrons. The van der Waals surface area contributed by atoms with Crippen LogP contribution in [-0.4, -0.2) is 0 Å². The molecule has 0 nitrogen and oxygen atoms in total. The summed E-state index contributed by atoms with van der Waals surface area (Å²) in [6, 6.07) is 0. The second kappa shape index (κ2) is 40.9. The average molecular weight is 4950 g/mol. The molecular weight excluding hydrogens is 4950 g/mol. The molecule has 0 rings (SSSR count). The van der Waals surface area contributed by atoms with Gasteiger partial charge in [-0.1, -0.05) is 0 Å². The SMILES string of the molecule is I[I-]I(I)I(I)I(I)I(I)I(I)I(I)I(I)I(I)I(I)I(I)I(I)I(I)I(I)I(I)I(I)I(I)I(I)I(I)I. The monoisotopic (exact) mass is 4950 g/mol. The summed E-state index contributed by atoms with van der Waals surface area (Å²) < 4.78 is 0. The van der Waals surface area contributed by atoms with E-state index in [1.165, 1.54) is 0 Å². The minimum absolute atomic E-state index is 0.382. The Hall–Kier alpha value is 28.5. The molecule has 0 aliphatic heterocycles. The molecule has 0 saturated heterocycles. The molecule has 0 aromatic heterocycles. The predicted molar refractivity (Wildman–Crippen MR) is 533 cm³/mol. The zero-order valence-corrected chi connectivity index (χ0v) is 98.9. The van der Waals surface area contributed by atoms with Crippen LogP contribution < -0.4 is 13.3 Å². The Morgan fingerprint density at radius 3 is 0.538 bits per heavy atom. The first-order valence-corrected chi connectivity index (χ1v) is 244. The molecule has 274 valence electrons. The maximum atomic E-state index is 3.34. The Morgan fingerprint density at radius 2 is 0.385 bits per heavy atom. The molecule has 0 spiro atoms. The third-order valence-electron chi connectivity index (χ3n) is 1.43. The second-order valence-electron chi connectivity index (χ2n) is 2.97. The molecule has 0 heterocycles. The molecule has 0 atom stereocenters. The minimum atomic E-state index is -0.533. The van der Waals surface area contributed by atoms with E-state index in [9.17, 15) is 0 Å². The van der Waals surface area contributed by atoms with Crippen LogP contribution in [0.25, 0.3) is 0 Å². The molecule has 39 heavy (non-hydrogen) atoms. The van der Waals surface area contributed by atoms with Crippen LogP contribution in [0, 0.1) is 0 Å². The Balaban J connectivity index is 5.38. The van der Waals surface area contributed by atoms with Crippen molar-refractivity contribution in [3.63, 3.8) is 0 Å². The maximum absolute atomic E-state index is 3.34. The quantitative estimate of drug-likeness (QED) is 0.120. The molecule has 0 bridgehead atoms. The van der Waals surface area contributed by atoms with Crippen LogP contribution >= 0.6 is 514 Å². The van der Waals surface area contributed by atoms with Gasteiger partial charge in [-0.25, -0.2) is 0 Å². The molecule has 0 aromatic carbocycles. The van der Waals surface area contributed by atoms with Crippen molar-refractivity contribution in [3.8, 4) is 0 Å². The molecular formula is I39-. The van der Waals surface area contributed by atoms with Gasteiger partial charge in [0.1, 0.15) is 0 Å². The number of hydrogen-bond acceptors (Lipinski definition) is 0. The van der Waals surface area contributed by atoms with Crippen LogP contribution in [0.4, 0.5) is 0 Å². The normalized spacial score (nSPS) is 18.6. The van der Waals surface area contributed by atoms with Crippen molar-refractivity contribution in [3.05, 3.63) is 0 Å². The van der Waals surface area contributed by atoms with Crippen molar-refractivity contribution in [1.29, 1.82) is 0 Å². The van der Waals surface area contributed by atoms with E-state index in [0.717, 1.165) is 0 Å². The predicted octanol–water partition coefficient (Wildman–Crippen LogP) is 30.7. The van der Waals surface area contributed by atoms with E-state index in [-0.39, 0.29) is 7.89 Å². The summed E-state index contributed by atoms with van der Waals surface area (Å²) in [5.41, 5.74) is 0. The molecule has 0 amide bonds. The molecule has 0 aliphatic carbocycles. The van der Waals surface area contributed by atoms with Gasteiger partial charge in [-0.15, -0.1) is 0 Å². The summed E-state index contributed by atoms with van der Waals surface area (Å²) in [4.78, 5) is 0. The van der Waals surface area contributed by atoms with Crippen LogP contribution in [0.15, 0.2) is 0 Å². The summed E-state index contributed by atoms with van der Waals surface area (Å²) in [6.45, 7) is 0. The first-order valence-electron chi connectivity index (χ1n) is 5.43. The summed E-state index contributed by atoms with van der Waals surface area (Å²) in [7, 11) is -8.82. The zero-order valence-electron chi connectivity index (χ0n) is 14.7. The average Bonchev–Trinajstić information content (AvgIpc) is 2.93.